The molecule has 2 aromatic carbocycles. The van der Waals surface area contributed by atoms with Gasteiger partial charge in [-0.15, -0.1) is 0 Å². The molecule has 3 rings (SSSR count). The fourth-order valence-corrected chi connectivity index (χ4v) is 4.05. The number of hydrogen-bond donors (Lipinski definition) is 3. The molecule has 4 nitrogen and oxygen atoms in total. The Kier molecular flexibility index (Phi) is 6.30. The second-order valence-electron chi connectivity index (χ2n) is 7.33. The Morgan fingerprint density at radius 3 is 2.35 bits per heavy atom. The highest BCUT2D eigenvalue weighted by atomic mass is 35.5. The third-order valence-electron chi connectivity index (χ3n) is 5.07. The van der Waals surface area contributed by atoms with Crippen LogP contribution >= 0.6 is 11.6 Å². The smallest absolute Gasteiger partial charge is 0.279 e. The van der Waals surface area contributed by atoms with Gasteiger partial charge in [0.25, 0.3) is 5.91 Å². The van der Waals surface area contributed by atoms with Gasteiger partial charge in [0.2, 0.25) is 0 Å². The van der Waals surface area contributed by atoms with Gasteiger partial charge in [-0.3, -0.25) is 4.79 Å². The molecule has 5 heteroatoms. The van der Waals surface area contributed by atoms with Crippen molar-refractivity contribution in [2.75, 3.05) is 38.0 Å². The SMILES string of the molecule is Cc1cc(C)c(NC(=O)C[NH+]2CC[NH+](Cc3ccccc3)CC2)c(Cl)c1. The van der Waals surface area contributed by atoms with Crippen LogP contribution in [0, 0.1) is 13.8 Å². The first kappa shape index (κ1) is 18.9. The second-order valence-corrected chi connectivity index (χ2v) is 7.73. The first-order chi connectivity index (χ1) is 12.5. The lowest BCUT2D eigenvalue weighted by molar-refractivity contribution is -1.02. The number of nitrogens with one attached hydrogen (secondary N) is 3. The van der Waals surface area contributed by atoms with Gasteiger partial charge in [-0.1, -0.05) is 48.0 Å². The number of amides is 1. The summed E-state index contributed by atoms with van der Waals surface area (Å²) < 4.78 is 0. The molecule has 1 saturated heterocycles. The van der Waals surface area contributed by atoms with E-state index in [0.717, 1.165) is 49.5 Å². The number of rotatable bonds is 5. The Balaban J connectivity index is 1.48. The van der Waals surface area contributed by atoms with Gasteiger partial charge in [-0.2, -0.15) is 0 Å². The van der Waals surface area contributed by atoms with Crippen molar-refractivity contribution >= 4 is 23.2 Å². The fraction of sp³-hybridized carbons (Fsp3) is 0.381. The number of halogens is 1. The number of carbonyl (C=O) groups is 1. The molecule has 1 aliphatic heterocycles. The van der Waals surface area contributed by atoms with E-state index in [4.69, 9.17) is 11.6 Å². The summed E-state index contributed by atoms with van der Waals surface area (Å²) >= 11 is 6.29. The fourth-order valence-electron chi connectivity index (χ4n) is 3.68. The highest BCUT2D eigenvalue weighted by Gasteiger charge is 2.25. The number of benzene rings is 2. The molecule has 1 amide bonds. The van der Waals surface area contributed by atoms with Crippen LogP contribution in [0.25, 0.3) is 0 Å². The van der Waals surface area contributed by atoms with E-state index in [1.165, 1.54) is 10.5 Å². The number of anilines is 1. The Morgan fingerprint density at radius 2 is 1.69 bits per heavy atom. The van der Waals surface area contributed by atoms with E-state index in [9.17, 15) is 4.79 Å². The maximum absolute atomic E-state index is 12.4. The first-order valence-electron chi connectivity index (χ1n) is 9.29. The maximum Gasteiger partial charge on any atom is 0.279 e. The summed E-state index contributed by atoms with van der Waals surface area (Å²) in [6, 6.07) is 14.6. The quantitative estimate of drug-likeness (QED) is 0.715. The summed E-state index contributed by atoms with van der Waals surface area (Å²) in [4.78, 5) is 15.4. The third kappa shape index (κ3) is 5.07. The molecule has 0 aromatic heterocycles. The van der Waals surface area contributed by atoms with Crippen LogP contribution in [0.3, 0.4) is 0 Å². The molecule has 0 atom stereocenters. The Bertz CT molecular complexity index is 732. The molecule has 2 aromatic rings. The van der Waals surface area contributed by atoms with Crippen molar-refractivity contribution in [1.29, 1.82) is 0 Å². The van der Waals surface area contributed by atoms with E-state index in [1.807, 2.05) is 26.0 Å². The lowest BCUT2D eigenvalue weighted by Crippen LogP contribution is -3.28. The van der Waals surface area contributed by atoms with Gasteiger partial charge >= 0.3 is 0 Å². The van der Waals surface area contributed by atoms with E-state index < -0.39 is 0 Å². The average molecular weight is 374 g/mol. The molecule has 0 bridgehead atoms. The van der Waals surface area contributed by atoms with E-state index in [1.54, 1.807) is 4.90 Å². The standard InChI is InChI=1S/C21H26ClN3O/c1-16-12-17(2)21(19(22)13-16)23-20(26)15-25-10-8-24(9-11-25)14-18-6-4-3-5-7-18/h3-7,12-13H,8-11,14-15H2,1-2H3,(H,23,26)/p+2. The zero-order valence-electron chi connectivity index (χ0n) is 15.6. The number of carbonyl (C=O) groups excluding carboxylic acids is 1. The lowest BCUT2D eigenvalue weighted by Gasteiger charge is -2.29. The van der Waals surface area contributed by atoms with Crippen molar-refractivity contribution in [1.82, 2.24) is 0 Å². The molecular formula is C21H28ClN3O+2. The van der Waals surface area contributed by atoms with E-state index >= 15 is 0 Å². The topological polar surface area (TPSA) is 38.0 Å². The van der Waals surface area contributed by atoms with Gasteiger partial charge in [0.15, 0.2) is 6.54 Å². The predicted octanol–water partition coefficient (Wildman–Crippen LogP) is 0.879. The van der Waals surface area contributed by atoms with Gasteiger partial charge < -0.3 is 15.1 Å². The summed E-state index contributed by atoms with van der Waals surface area (Å²) in [5.74, 6) is 0.0420. The summed E-state index contributed by atoms with van der Waals surface area (Å²) in [5, 5.41) is 3.62. The molecule has 138 valence electrons. The van der Waals surface area contributed by atoms with Crippen LogP contribution in [0.15, 0.2) is 42.5 Å². The van der Waals surface area contributed by atoms with Crippen molar-refractivity contribution in [2.24, 2.45) is 0 Å². The van der Waals surface area contributed by atoms with Gasteiger partial charge in [-0.05, 0) is 31.0 Å². The lowest BCUT2D eigenvalue weighted by atomic mass is 10.1. The summed E-state index contributed by atoms with van der Waals surface area (Å²) in [6.45, 7) is 9.80. The number of hydrogen-bond acceptors (Lipinski definition) is 1. The minimum atomic E-state index is 0.0420. The number of piperazine rings is 1. The van der Waals surface area contributed by atoms with Crippen LogP contribution in [0.4, 0.5) is 5.69 Å². The molecule has 0 aliphatic carbocycles. The highest BCUT2D eigenvalue weighted by molar-refractivity contribution is 6.34. The zero-order chi connectivity index (χ0) is 18.5. The molecule has 1 heterocycles. The van der Waals surface area contributed by atoms with E-state index in [2.05, 4.69) is 35.6 Å². The second kappa shape index (κ2) is 8.67. The van der Waals surface area contributed by atoms with Crippen LogP contribution in [0.5, 0.6) is 0 Å². The molecule has 0 radical (unpaired) electrons. The molecule has 0 unspecified atom stereocenters. The van der Waals surface area contributed by atoms with Gasteiger partial charge in [0, 0.05) is 5.56 Å². The first-order valence-corrected chi connectivity index (χ1v) is 9.66. The van der Waals surface area contributed by atoms with Crippen molar-refractivity contribution < 1.29 is 14.6 Å². The monoisotopic (exact) mass is 373 g/mol. The Morgan fingerprint density at radius 1 is 1.04 bits per heavy atom. The van der Waals surface area contributed by atoms with Crippen LogP contribution in [-0.4, -0.2) is 38.6 Å². The Hall–Kier alpha value is -1.88. The van der Waals surface area contributed by atoms with Crippen molar-refractivity contribution in [3.05, 3.63) is 64.2 Å². The van der Waals surface area contributed by atoms with Crippen LogP contribution < -0.4 is 15.1 Å². The van der Waals surface area contributed by atoms with Crippen molar-refractivity contribution in [2.45, 2.75) is 20.4 Å². The van der Waals surface area contributed by atoms with Gasteiger partial charge in [0.05, 0.1) is 10.7 Å². The van der Waals surface area contributed by atoms with E-state index in [-0.39, 0.29) is 5.91 Å². The molecule has 0 spiro atoms. The van der Waals surface area contributed by atoms with Gasteiger partial charge in [0.1, 0.15) is 32.7 Å². The number of aryl methyl sites for hydroxylation is 2. The Labute approximate surface area is 160 Å². The summed E-state index contributed by atoms with van der Waals surface area (Å²) in [5.41, 5.74) is 4.24. The minimum absolute atomic E-state index is 0.0420. The highest BCUT2D eigenvalue weighted by Crippen LogP contribution is 2.27. The third-order valence-corrected chi connectivity index (χ3v) is 5.37. The molecule has 26 heavy (non-hydrogen) atoms. The molecule has 1 fully saturated rings. The van der Waals surface area contributed by atoms with Crippen LogP contribution in [-0.2, 0) is 11.3 Å². The maximum atomic E-state index is 12.4. The summed E-state index contributed by atoms with van der Waals surface area (Å²) in [6.07, 6.45) is 0. The largest absolute Gasteiger partial charge is 0.322 e. The zero-order valence-corrected chi connectivity index (χ0v) is 16.3. The van der Waals surface area contributed by atoms with Crippen molar-refractivity contribution in [3.63, 3.8) is 0 Å². The van der Waals surface area contributed by atoms with Crippen LogP contribution in [0.2, 0.25) is 5.02 Å². The van der Waals surface area contributed by atoms with E-state index in [0.29, 0.717) is 11.6 Å². The molecule has 3 N–H and O–H groups in total. The predicted molar refractivity (Wildman–Crippen MR) is 106 cm³/mol. The van der Waals surface area contributed by atoms with Crippen molar-refractivity contribution in [3.8, 4) is 0 Å². The average Bonchev–Trinajstić information content (AvgIpc) is 2.61. The number of quaternary nitrogens is 2. The minimum Gasteiger partial charge on any atom is -0.322 e. The molecule has 1 aliphatic rings. The molecule has 0 saturated carbocycles. The molecular weight excluding hydrogens is 346 g/mol. The van der Waals surface area contributed by atoms with Gasteiger partial charge in [-0.25, -0.2) is 0 Å². The summed E-state index contributed by atoms with van der Waals surface area (Å²) in [7, 11) is 0. The van der Waals surface area contributed by atoms with Crippen LogP contribution in [0.1, 0.15) is 16.7 Å². The normalized spacial score (nSPS) is 20.0.